The SMILES string of the molecule is CCC(CCC(C)(C)C(=O)O)Oc1ccc(-c2csc(-c3cccnc3)n2)cc1. The minimum Gasteiger partial charge on any atom is -0.490 e. The molecule has 0 radical (unpaired) electrons. The number of carbonyl (C=O) groups is 1. The fourth-order valence-corrected chi connectivity index (χ4v) is 3.72. The molecule has 6 heteroatoms. The molecule has 0 spiro atoms. The first kappa shape index (κ1) is 21.0. The summed E-state index contributed by atoms with van der Waals surface area (Å²) in [5.41, 5.74) is 2.23. The molecule has 29 heavy (non-hydrogen) atoms. The highest BCUT2D eigenvalue weighted by molar-refractivity contribution is 7.13. The Morgan fingerprint density at radius 2 is 1.97 bits per heavy atom. The number of rotatable bonds is 9. The van der Waals surface area contributed by atoms with Crippen molar-refractivity contribution in [3.63, 3.8) is 0 Å². The molecule has 1 aromatic carbocycles. The number of nitrogens with zero attached hydrogens (tertiary/aromatic N) is 2. The standard InChI is InChI=1S/C23H26N2O3S/c1-4-18(11-12-23(2,3)22(26)27)28-19-9-7-16(8-10-19)20-15-29-21(25-20)17-6-5-13-24-14-17/h5-10,13-15,18H,4,11-12H2,1-3H3,(H,26,27). The lowest BCUT2D eigenvalue weighted by Gasteiger charge is -2.23. The first-order chi connectivity index (χ1) is 13.9. The summed E-state index contributed by atoms with van der Waals surface area (Å²) >= 11 is 1.60. The molecule has 0 aliphatic heterocycles. The van der Waals surface area contributed by atoms with E-state index in [4.69, 9.17) is 9.72 Å². The third-order valence-corrected chi connectivity index (χ3v) is 5.88. The minimum atomic E-state index is -0.773. The minimum absolute atomic E-state index is 0.00377. The molecular formula is C23H26N2O3S. The van der Waals surface area contributed by atoms with Crippen molar-refractivity contribution in [1.29, 1.82) is 0 Å². The molecule has 1 atom stereocenters. The lowest BCUT2D eigenvalue weighted by atomic mass is 9.86. The van der Waals surface area contributed by atoms with Crippen LogP contribution in [-0.4, -0.2) is 27.1 Å². The van der Waals surface area contributed by atoms with Crippen LogP contribution in [0, 0.1) is 5.41 Å². The molecule has 0 saturated carbocycles. The summed E-state index contributed by atoms with van der Waals surface area (Å²) in [5, 5.41) is 12.3. The van der Waals surface area contributed by atoms with Crippen LogP contribution in [0.15, 0.2) is 54.2 Å². The number of carboxylic acid groups (broad SMARTS) is 1. The molecule has 1 N–H and O–H groups in total. The summed E-state index contributed by atoms with van der Waals surface area (Å²) in [6.45, 7) is 5.57. The smallest absolute Gasteiger partial charge is 0.309 e. The number of ether oxygens (including phenoxy) is 1. The summed E-state index contributed by atoms with van der Waals surface area (Å²) in [7, 11) is 0. The van der Waals surface area contributed by atoms with Gasteiger partial charge in [0.1, 0.15) is 10.8 Å². The van der Waals surface area contributed by atoms with E-state index in [1.54, 1.807) is 31.4 Å². The molecule has 0 aliphatic carbocycles. The zero-order chi connectivity index (χ0) is 20.9. The second kappa shape index (κ2) is 9.18. The average Bonchev–Trinajstić information content (AvgIpc) is 3.22. The molecule has 0 bridgehead atoms. The average molecular weight is 411 g/mol. The Morgan fingerprint density at radius 1 is 1.21 bits per heavy atom. The van der Waals surface area contributed by atoms with Gasteiger partial charge in [-0.05, 0) is 69.5 Å². The Bertz CT molecular complexity index is 936. The number of carboxylic acids is 1. The van der Waals surface area contributed by atoms with Crippen molar-refractivity contribution in [2.45, 2.75) is 46.1 Å². The van der Waals surface area contributed by atoms with Gasteiger partial charge in [-0.15, -0.1) is 11.3 Å². The van der Waals surface area contributed by atoms with Gasteiger partial charge in [-0.2, -0.15) is 0 Å². The van der Waals surface area contributed by atoms with Crippen molar-refractivity contribution < 1.29 is 14.6 Å². The van der Waals surface area contributed by atoms with Crippen LogP contribution in [0.1, 0.15) is 40.0 Å². The van der Waals surface area contributed by atoms with Crippen molar-refractivity contribution in [1.82, 2.24) is 9.97 Å². The second-order valence-electron chi connectivity index (χ2n) is 7.68. The van der Waals surface area contributed by atoms with E-state index in [1.165, 1.54) is 0 Å². The van der Waals surface area contributed by atoms with Gasteiger partial charge in [-0.25, -0.2) is 4.98 Å². The number of benzene rings is 1. The Hall–Kier alpha value is -2.73. The van der Waals surface area contributed by atoms with E-state index in [9.17, 15) is 9.90 Å². The highest BCUT2D eigenvalue weighted by Crippen LogP contribution is 2.30. The summed E-state index contributed by atoms with van der Waals surface area (Å²) in [5.74, 6) is 0.0158. The topological polar surface area (TPSA) is 72.3 Å². The van der Waals surface area contributed by atoms with E-state index < -0.39 is 11.4 Å². The lowest BCUT2D eigenvalue weighted by Crippen LogP contribution is -2.26. The zero-order valence-electron chi connectivity index (χ0n) is 17.0. The Morgan fingerprint density at radius 3 is 2.59 bits per heavy atom. The predicted octanol–water partition coefficient (Wildman–Crippen LogP) is 5.92. The molecule has 0 fully saturated rings. The summed E-state index contributed by atoms with van der Waals surface area (Å²) < 4.78 is 6.09. The van der Waals surface area contributed by atoms with Crippen LogP contribution in [0.25, 0.3) is 21.8 Å². The number of hydrogen-bond acceptors (Lipinski definition) is 5. The number of thiazole rings is 1. The maximum absolute atomic E-state index is 11.3. The van der Waals surface area contributed by atoms with Crippen LogP contribution in [0.4, 0.5) is 0 Å². The van der Waals surface area contributed by atoms with E-state index in [0.29, 0.717) is 12.8 Å². The van der Waals surface area contributed by atoms with Gasteiger partial charge in [0.05, 0.1) is 17.2 Å². The van der Waals surface area contributed by atoms with E-state index >= 15 is 0 Å². The summed E-state index contributed by atoms with van der Waals surface area (Å²) in [6, 6.07) is 11.8. The van der Waals surface area contributed by atoms with Crippen molar-refractivity contribution in [2.24, 2.45) is 5.41 Å². The molecule has 3 rings (SSSR count). The van der Waals surface area contributed by atoms with Crippen LogP contribution in [0.3, 0.4) is 0 Å². The fraction of sp³-hybridized carbons (Fsp3) is 0.348. The molecule has 152 valence electrons. The molecule has 5 nitrogen and oxygen atoms in total. The highest BCUT2D eigenvalue weighted by Gasteiger charge is 2.28. The third-order valence-electron chi connectivity index (χ3n) is 4.99. The fourth-order valence-electron chi connectivity index (χ4n) is 2.90. The van der Waals surface area contributed by atoms with Crippen molar-refractivity contribution >= 4 is 17.3 Å². The van der Waals surface area contributed by atoms with Crippen molar-refractivity contribution in [3.8, 4) is 27.6 Å². The number of aliphatic carboxylic acids is 1. The van der Waals surface area contributed by atoms with Gasteiger partial charge in [0.2, 0.25) is 0 Å². The molecule has 1 unspecified atom stereocenters. The van der Waals surface area contributed by atoms with Gasteiger partial charge >= 0.3 is 5.97 Å². The van der Waals surface area contributed by atoms with E-state index in [2.05, 4.69) is 11.9 Å². The van der Waals surface area contributed by atoms with Gasteiger partial charge in [-0.1, -0.05) is 6.92 Å². The van der Waals surface area contributed by atoms with E-state index in [-0.39, 0.29) is 6.10 Å². The van der Waals surface area contributed by atoms with Gasteiger partial charge < -0.3 is 9.84 Å². The normalized spacial score (nSPS) is 12.5. The third kappa shape index (κ3) is 5.41. The maximum Gasteiger partial charge on any atom is 0.309 e. The quantitative estimate of drug-likeness (QED) is 0.474. The predicted molar refractivity (Wildman–Crippen MR) is 116 cm³/mol. The zero-order valence-corrected chi connectivity index (χ0v) is 17.8. The summed E-state index contributed by atoms with van der Waals surface area (Å²) in [4.78, 5) is 20.2. The Kier molecular flexibility index (Phi) is 6.64. The number of aromatic nitrogens is 2. The van der Waals surface area contributed by atoms with Crippen molar-refractivity contribution in [2.75, 3.05) is 0 Å². The molecule has 3 aromatic rings. The van der Waals surface area contributed by atoms with Crippen LogP contribution in [0.5, 0.6) is 5.75 Å². The number of pyridine rings is 1. The molecule has 0 aliphatic rings. The van der Waals surface area contributed by atoms with Gasteiger partial charge in [0.25, 0.3) is 0 Å². The van der Waals surface area contributed by atoms with Crippen molar-refractivity contribution in [3.05, 3.63) is 54.2 Å². The van der Waals surface area contributed by atoms with Gasteiger partial charge in [0.15, 0.2) is 0 Å². The maximum atomic E-state index is 11.3. The largest absolute Gasteiger partial charge is 0.490 e. The molecule has 0 amide bonds. The Balaban J connectivity index is 1.64. The lowest BCUT2D eigenvalue weighted by molar-refractivity contribution is -0.147. The van der Waals surface area contributed by atoms with Crippen LogP contribution < -0.4 is 4.74 Å². The first-order valence-corrected chi connectivity index (χ1v) is 10.6. The van der Waals surface area contributed by atoms with E-state index in [1.807, 2.05) is 48.0 Å². The molecule has 2 aromatic heterocycles. The van der Waals surface area contributed by atoms with Gasteiger partial charge in [-0.3, -0.25) is 9.78 Å². The molecular weight excluding hydrogens is 384 g/mol. The van der Waals surface area contributed by atoms with Crippen LogP contribution in [-0.2, 0) is 4.79 Å². The Labute approximate surface area is 175 Å². The van der Waals surface area contributed by atoms with Crippen LogP contribution in [0.2, 0.25) is 0 Å². The van der Waals surface area contributed by atoms with E-state index in [0.717, 1.165) is 34.0 Å². The molecule has 0 saturated heterocycles. The second-order valence-corrected chi connectivity index (χ2v) is 8.54. The van der Waals surface area contributed by atoms with Gasteiger partial charge in [0, 0.05) is 28.9 Å². The monoisotopic (exact) mass is 410 g/mol. The number of hydrogen-bond donors (Lipinski definition) is 1. The van der Waals surface area contributed by atoms with Crippen LogP contribution >= 0.6 is 11.3 Å². The first-order valence-electron chi connectivity index (χ1n) is 9.75. The highest BCUT2D eigenvalue weighted by atomic mass is 32.1. The molecule has 2 heterocycles. The summed E-state index contributed by atoms with van der Waals surface area (Å²) in [6.07, 6.45) is 5.68.